The average molecular weight is 273 g/mol. The second-order valence-corrected chi connectivity index (χ2v) is 5.64. The molecule has 1 aromatic carbocycles. The van der Waals surface area contributed by atoms with Crippen molar-refractivity contribution in [2.45, 2.75) is 45.1 Å². The summed E-state index contributed by atoms with van der Waals surface area (Å²) in [6.07, 6.45) is -4.35. The van der Waals surface area contributed by atoms with Crippen molar-refractivity contribution in [1.82, 2.24) is 4.90 Å². The SMILES string of the molecule is CC(C)N1Cc2cc(C(F)(F)F)ccc2[C@@](C)(O)C1. The van der Waals surface area contributed by atoms with Crippen LogP contribution in [0.5, 0.6) is 0 Å². The Balaban J connectivity index is 2.46. The van der Waals surface area contributed by atoms with Gasteiger partial charge in [-0.05, 0) is 44.0 Å². The molecule has 0 fully saturated rings. The van der Waals surface area contributed by atoms with E-state index < -0.39 is 17.3 Å². The Hall–Kier alpha value is -1.07. The van der Waals surface area contributed by atoms with Gasteiger partial charge >= 0.3 is 6.18 Å². The number of fused-ring (bicyclic) bond motifs is 1. The number of nitrogens with zero attached hydrogens (tertiary/aromatic N) is 1. The van der Waals surface area contributed by atoms with Crippen molar-refractivity contribution in [3.8, 4) is 0 Å². The molecule has 0 aliphatic carbocycles. The number of alkyl halides is 3. The summed E-state index contributed by atoms with van der Waals surface area (Å²) >= 11 is 0. The summed E-state index contributed by atoms with van der Waals surface area (Å²) in [5, 5.41) is 10.4. The highest BCUT2D eigenvalue weighted by Gasteiger charge is 2.37. The van der Waals surface area contributed by atoms with Crippen molar-refractivity contribution in [1.29, 1.82) is 0 Å². The number of aliphatic hydroxyl groups is 1. The molecular weight excluding hydrogens is 255 g/mol. The molecule has 0 saturated carbocycles. The zero-order valence-electron chi connectivity index (χ0n) is 11.3. The first-order valence-electron chi connectivity index (χ1n) is 6.28. The highest BCUT2D eigenvalue weighted by molar-refractivity contribution is 5.38. The molecule has 2 nitrogen and oxygen atoms in total. The lowest BCUT2D eigenvalue weighted by atomic mass is 9.85. The lowest BCUT2D eigenvalue weighted by Crippen LogP contribution is -2.46. The molecule has 0 unspecified atom stereocenters. The Morgan fingerprint density at radius 3 is 2.47 bits per heavy atom. The molecular formula is C14H18F3NO. The monoisotopic (exact) mass is 273 g/mol. The van der Waals surface area contributed by atoms with Gasteiger partial charge in [-0.1, -0.05) is 6.07 Å². The number of β-amino-alcohol motifs (C(OH)–C–C–N with tert-alkyl or cyclic N) is 1. The Morgan fingerprint density at radius 1 is 1.32 bits per heavy atom. The van der Waals surface area contributed by atoms with Crippen LogP contribution in [0.2, 0.25) is 0 Å². The highest BCUT2D eigenvalue weighted by atomic mass is 19.4. The largest absolute Gasteiger partial charge is 0.416 e. The van der Waals surface area contributed by atoms with Crippen molar-refractivity contribution in [3.63, 3.8) is 0 Å². The molecule has 1 atom stereocenters. The van der Waals surface area contributed by atoms with E-state index in [1.807, 2.05) is 18.7 Å². The number of hydrogen-bond donors (Lipinski definition) is 1. The molecule has 1 heterocycles. The molecule has 0 spiro atoms. The molecule has 5 heteroatoms. The van der Waals surface area contributed by atoms with Gasteiger partial charge in [0.2, 0.25) is 0 Å². The molecule has 0 bridgehead atoms. The van der Waals surface area contributed by atoms with E-state index in [4.69, 9.17) is 0 Å². The van der Waals surface area contributed by atoms with Crippen LogP contribution >= 0.6 is 0 Å². The van der Waals surface area contributed by atoms with Crippen LogP contribution in [0.3, 0.4) is 0 Å². The first-order valence-corrected chi connectivity index (χ1v) is 6.28. The third-order valence-corrected chi connectivity index (χ3v) is 3.63. The predicted octanol–water partition coefficient (Wildman–Crippen LogP) is 3.14. The van der Waals surface area contributed by atoms with E-state index >= 15 is 0 Å². The van der Waals surface area contributed by atoms with Gasteiger partial charge in [-0.2, -0.15) is 13.2 Å². The van der Waals surface area contributed by atoms with E-state index in [-0.39, 0.29) is 6.04 Å². The van der Waals surface area contributed by atoms with E-state index in [2.05, 4.69) is 0 Å². The maximum atomic E-state index is 12.7. The van der Waals surface area contributed by atoms with Crippen molar-refractivity contribution >= 4 is 0 Å². The van der Waals surface area contributed by atoms with Gasteiger partial charge in [0, 0.05) is 19.1 Å². The summed E-state index contributed by atoms with van der Waals surface area (Å²) in [6, 6.07) is 3.76. The summed E-state index contributed by atoms with van der Waals surface area (Å²) < 4.78 is 38.2. The predicted molar refractivity (Wildman–Crippen MR) is 66.6 cm³/mol. The van der Waals surface area contributed by atoms with Crippen LogP contribution in [-0.4, -0.2) is 22.6 Å². The Kier molecular flexibility index (Phi) is 3.39. The summed E-state index contributed by atoms with van der Waals surface area (Å²) in [5.74, 6) is 0. The normalized spacial score (nSPS) is 24.6. The number of hydrogen-bond acceptors (Lipinski definition) is 2. The number of rotatable bonds is 1. The fraction of sp³-hybridized carbons (Fsp3) is 0.571. The maximum absolute atomic E-state index is 12.7. The molecule has 106 valence electrons. The second-order valence-electron chi connectivity index (χ2n) is 5.64. The van der Waals surface area contributed by atoms with Crippen LogP contribution in [0.15, 0.2) is 18.2 Å². The molecule has 1 aliphatic rings. The van der Waals surface area contributed by atoms with Crippen LogP contribution in [0.1, 0.15) is 37.5 Å². The van der Waals surface area contributed by atoms with E-state index in [0.29, 0.717) is 24.2 Å². The van der Waals surface area contributed by atoms with Gasteiger partial charge in [-0.3, -0.25) is 4.90 Å². The molecule has 1 N–H and O–H groups in total. The summed E-state index contributed by atoms with van der Waals surface area (Å²) in [4.78, 5) is 1.97. The molecule has 0 radical (unpaired) electrons. The Labute approximate surface area is 110 Å². The van der Waals surface area contributed by atoms with Gasteiger partial charge in [0.05, 0.1) is 11.2 Å². The topological polar surface area (TPSA) is 23.5 Å². The van der Waals surface area contributed by atoms with E-state index in [1.54, 1.807) is 6.92 Å². The molecule has 0 aromatic heterocycles. The summed E-state index contributed by atoms with van der Waals surface area (Å²) in [5.41, 5.74) is -0.619. The molecule has 19 heavy (non-hydrogen) atoms. The molecule has 0 amide bonds. The first-order chi connectivity index (χ1) is 8.61. The van der Waals surface area contributed by atoms with Gasteiger partial charge in [0.25, 0.3) is 0 Å². The van der Waals surface area contributed by atoms with Crippen LogP contribution in [0.25, 0.3) is 0 Å². The van der Waals surface area contributed by atoms with Crippen molar-refractivity contribution in [2.75, 3.05) is 6.54 Å². The van der Waals surface area contributed by atoms with Gasteiger partial charge in [-0.15, -0.1) is 0 Å². The fourth-order valence-electron chi connectivity index (χ4n) is 2.55. The van der Waals surface area contributed by atoms with Crippen LogP contribution in [0.4, 0.5) is 13.2 Å². The second kappa shape index (κ2) is 4.49. The minimum atomic E-state index is -4.35. The van der Waals surface area contributed by atoms with Crippen molar-refractivity contribution in [2.24, 2.45) is 0 Å². The zero-order chi connectivity index (χ0) is 14.4. The minimum Gasteiger partial charge on any atom is -0.384 e. The average Bonchev–Trinajstić information content (AvgIpc) is 2.25. The number of halogens is 3. The quantitative estimate of drug-likeness (QED) is 0.849. The van der Waals surface area contributed by atoms with Crippen LogP contribution < -0.4 is 0 Å². The zero-order valence-corrected chi connectivity index (χ0v) is 11.3. The molecule has 2 rings (SSSR count). The van der Waals surface area contributed by atoms with Gasteiger partial charge in [0.1, 0.15) is 0 Å². The van der Waals surface area contributed by atoms with Crippen molar-refractivity contribution in [3.05, 3.63) is 34.9 Å². The number of benzene rings is 1. The highest BCUT2D eigenvalue weighted by Crippen LogP contribution is 2.37. The Bertz CT molecular complexity index is 480. The van der Waals surface area contributed by atoms with Crippen LogP contribution in [-0.2, 0) is 18.3 Å². The smallest absolute Gasteiger partial charge is 0.384 e. The van der Waals surface area contributed by atoms with Gasteiger partial charge < -0.3 is 5.11 Å². The molecule has 1 aromatic rings. The van der Waals surface area contributed by atoms with Crippen molar-refractivity contribution < 1.29 is 18.3 Å². The summed E-state index contributed by atoms with van der Waals surface area (Å²) in [6.45, 7) is 6.45. The minimum absolute atomic E-state index is 0.175. The Morgan fingerprint density at radius 2 is 1.95 bits per heavy atom. The van der Waals surface area contributed by atoms with Gasteiger partial charge in [0.15, 0.2) is 0 Å². The third-order valence-electron chi connectivity index (χ3n) is 3.63. The molecule has 0 saturated heterocycles. The molecule has 1 aliphatic heterocycles. The van der Waals surface area contributed by atoms with Gasteiger partial charge in [-0.25, -0.2) is 0 Å². The first kappa shape index (κ1) is 14.3. The lowest BCUT2D eigenvalue weighted by molar-refractivity contribution is -0.137. The van der Waals surface area contributed by atoms with Crippen LogP contribution in [0, 0.1) is 0 Å². The van der Waals surface area contributed by atoms with E-state index in [1.165, 1.54) is 6.07 Å². The summed E-state index contributed by atoms with van der Waals surface area (Å²) in [7, 11) is 0. The van der Waals surface area contributed by atoms with E-state index in [9.17, 15) is 18.3 Å². The third kappa shape index (κ3) is 2.77. The fourth-order valence-corrected chi connectivity index (χ4v) is 2.55. The lowest BCUT2D eigenvalue weighted by Gasteiger charge is -2.41. The maximum Gasteiger partial charge on any atom is 0.416 e. The van der Waals surface area contributed by atoms with E-state index in [0.717, 1.165) is 12.1 Å². The standard InChI is InChI=1S/C14H18F3NO/c1-9(2)18-7-10-6-11(14(15,16)17)4-5-12(10)13(3,19)8-18/h4-6,9,19H,7-8H2,1-3H3/t13-/m0/s1.